The van der Waals surface area contributed by atoms with E-state index in [1.54, 1.807) is 7.11 Å². The predicted octanol–water partition coefficient (Wildman–Crippen LogP) is 5.49. The molecule has 2 aromatic heterocycles. The highest BCUT2D eigenvalue weighted by Gasteiger charge is 2.13. The molecule has 0 aliphatic heterocycles. The summed E-state index contributed by atoms with van der Waals surface area (Å²) in [6.45, 7) is 0.372. The Labute approximate surface area is 173 Å². The van der Waals surface area contributed by atoms with Crippen LogP contribution in [0.4, 0.5) is 0 Å². The summed E-state index contributed by atoms with van der Waals surface area (Å²) in [6, 6.07) is 23.6. The maximum Gasteiger partial charge on any atom is 0.320 e. The Bertz CT molecular complexity index is 1320. The minimum atomic E-state index is 0.259. The van der Waals surface area contributed by atoms with Crippen LogP contribution in [0.15, 0.2) is 79.0 Å². The number of hydrogen-bond donors (Lipinski definition) is 1. The van der Waals surface area contributed by atoms with Gasteiger partial charge in [0.05, 0.1) is 18.0 Å². The van der Waals surface area contributed by atoms with Gasteiger partial charge in [0.25, 0.3) is 0 Å². The molecule has 6 nitrogen and oxygen atoms in total. The standard InChI is InChI=1S/C24H19N3O3/c1-28-18-7-10-22-20(14-18)23(30-19-8-9-21-17(13-19)11-12-25-21)27-24(26-22)29-15-16-5-3-2-4-6-16/h2-14,25H,15H2,1H3. The lowest BCUT2D eigenvalue weighted by Crippen LogP contribution is -2.01. The summed E-state index contributed by atoms with van der Waals surface area (Å²) >= 11 is 0. The van der Waals surface area contributed by atoms with Crippen molar-refractivity contribution < 1.29 is 14.2 Å². The lowest BCUT2D eigenvalue weighted by atomic mass is 10.2. The van der Waals surface area contributed by atoms with E-state index in [1.807, 2.05) is 79.0 Å². The third-order valence-electron chi connectivity index (χ3n) is 4.80. The number of nitrogens with zero attached hydrogens (tertiary/aromatic N) is 2. The van der Waals surface area contributed by atoms with Gasteiger partial charge in [-0.15, -0.1) is 0 Å². The molecule has 0 atom stereocenters. The third-order valence-corrected chi connectivity index (χ3v) is 4.80. The van der Waals surface area contributed by atoms with E-state index in [-0.39, 0.29) is 6.01 Å². The second kappa shape index (κ2) is 7.75. The van der Waals surface area contributed by atoms with Gasteiger partial charge in [0, 0.05) is 17.1 Å². The number of H-pyrrole nitrogens is 1. The summed E-state index contributed by atoms with van der Waals surface area (Å²) in [5, 5.41) is 1.81. The molecule has 0 saturated carbocycles. The number of fused-ring (bicyclic) bond motifs is 2. The fraction of sp³-hybridized carbons (Fsp3) is 0.0833. The summed E-state index contributed by atoms with van der Waals surface area (Å²) < 4.78 is 17.4. The zero-order chi connectivity index (χ0) is 20.3. The van der Waals surface area contributed by atoms with Gasteiger partial charge in [0.15, 0.2) is 0 Å². The minimum Gasteiger partial charge on any atom is -0.497 e. The molecule has 0 aliphatic carbocycles. The summed E-state index contributed by atoms with van der Waals surface area (Å²) in [4.78, 5) is 12.3. The molecule has 148 valence electrons. The Morgan fingerprint density at radius 2 is 1.73 bits per heavy atom. The van der Waals surface area contributed by atoms with Crippen molar-refractivity contribution in [1.82, 2.24) is 15.0 Å². The summed E-state index contributed by atoms with van der Waals surface area (Å²) in [5.41, 5.74) is 2.80. The minimum absolute atomic E-state index is 0.259. The quantitative estimate of drug-likeness (QED) is 0.410. The first-order chi connectivity index (χ1) is 14.8. The fourth-order valence-corrected chi connectivity index (χ4v) is 3.26. The number of benzene rings is 3. The van der Waals surface area contributed by atoms with Crippen LogP contribution in [0.2, 0.25) is 0 Å². The second-order valence-corrected chi connectivity index (χ2v) is 6.80. The molecule has 0 fully saturated rings. The van der Waals surface area contributed by atoms with Gasteiger partial charge in [-0.05, 0) is 48.0 Å². The maximum absolute atomic E-state index is 6.16. The van der Waals surface area contributed by atoms with Crippen molar-refractivity contribution >= 4 is 21.8 Å². The van der Waals surface area contributed by atoms with E-state index in [0.717, 1.165) is 21.9 Å². The van der Waals surface area contributed by atoms with Crippen molar-refractivity contribution in [3.8, 4) is 23.4 Å². The van der Waals surface area contributed by atoms with Gasteiger partial charge in [-0.1, -0.05) is 30.3 Å². The van der Waals surface area contributed by atoms with E-state index in [0.29, 0.717) is 29.5 Å². The van der Waals surface area contributed by atoms with Gasteiger partial charge in [0.2, 0.25) is 5.88 Å². The molecule has 0 spiro atoms. The topological polar surface area (TPSA) is 69.3 Å². The van der Waals surface area contributed by atoms with Crippen LogP contribution in [0, 0.1) is 0 Å². The van der Waals surface area contributed by atoms with Crippen LogP contribution in [0.1, 0.15) is 5.56 Å². The van der Waals surface area contributed by atoms with Gasteiger partial charge in [-0.25, -0.2) is 0 Å². The molecule has 0 bridgehead atoms. The number of methoxy groups -OCH3 is 1. The Morgan fingerprint density at radius 1 is 0.867 bits per heavy atom. The Hall–Kier alpha value is -4.06. The summed E-state index contributed by atoms with van der Waals surface area (Å²) in [6.07, 6.45) is 1.90. The molecule has 0 saturated heterocycles. The van der Waals surface area contributed by atoms with Crippen LogP contribution in [-0.2, 0) is 6.61 Å². The largest absolute Gasteiger partial charge is 0.497 e. The van der Waals surface area contributed by atoms with Gasteiger partial charge in [-0.3, -0.25) is 0 Å². The van der Waals surface area contributed by atoms with Crippen molar-refractivity contribution in [2.45, 2.75) is 6.61 Å². The number of aromatic amines is 1. The van der Waals surface area contributed by atoms with E-state index < -0.39 is 0 Å². The van der Waals surface area contributed by atoms with Crippen molar-refractivity contribution in [3.05, 3.63) is 84.6 Å². The zero-order valence-electron chi connectivity index (χ0n) is 16.3. The molecule has 5 rings (SSSR count). The molecule has 3 aromatic carbocycles. The first-order valence-corrected chi connectivity index (χ1v) is 9.56. The van der Waals surface area contributed by atoms with E-state index in [2.05, 4.69) is 15.0 Å². The van der Waals surface area contributed by atoms with E-state index >= 15 is 0 Å². The predicted molar refractivity (Wildman–Crippen MR) is 115 cm³/mol. The SMILES string of the molecule is COc1ccc2nc(OCc3ccccc3)nc(Oc3ccc4[nH]ccc4c3)c2c1. The number of rotatable bonds is 6. The molecule has 6 heteroatoms. The Balaban J connectivity index is 1.52. The van der Waals surface area contributed by atoms with Gasteiger partial charge in [0.1, 0.15) is 18.1 Å². The lowest BCUT2D eigenvalue weighted by molar-refractivity contribution is 0.278. The summed E-state index contributed by atoms with van der Waals surface area (Å²) in [5.74, 6) is 1.80. The number of ether oxygens (including phenoxy) is 3. The average molecular weight is 397 g/mol. The first-order valence-electron chi connectivity index (χ1n) is 9.56. The van der Waals surface area contributed by atoms with Crippen molar-refractivity contribution in [2.24, 2.45) is 0 Å². The van der Waals surface area contributed by atoms with Gasteiger partial charge in [-0.2, -0.15) is 9.97 Å². The number of hydrogen-bond acceptors (Lipinski definition) is 5. The number of nitrogens with one attached hydrogen (secondary N) is 1. The van der Waals surface area contributed by atoms with E-state index in [4.69, 9.17) is 14.2 Å². The van der Waals surface area contributed by atoms with Crippen LogP contribution < -0.4 is 14.2 Å². The summed E-state index contributed by atoms with van der Waals surface area (Å²) in [7, 11) is 1.62. The Kier molecular flexibility index (Phi) is 4.65. The second-order valence-electron chi connectivity index (χ2n) is 6.80. The van der Waals surface area contributed by atoms with Crippen molar-refractivity contribution in [1.29, 1.82) is 0 Å². The van der Waals surface area contributed by atoms with Crippen LogP contribution in [0.3, 0.4) is 0 Å². The number of aromatic nitrogens is 3. The highest BCUT2D eigenvalue weighted by atomic mass is 16.5. The molecular weight excluding hydrogens is 378 g/mol. The first kappa shape index (κ1) is 18.0. The van der Waals surface area contributed by atoms with Crippen LogP contribution in [0.25, 0.3) is 21.8 Å². The highest BCUT2D eigenvalue weighted by Crippen LogP contribution is 2.33. The highest BCUT2D eigenvalue weighted by molar-refractivity contribution is 5.86. The Morgan fingerprint density at radius 3 is 2.60 bits per heavy atom. The maximum atomic E-state index is 6.16. The zero-order valence-corrected chi connectivity index (χ0v) is 16.3. The normalized spacial score (nSPS) is 11.0. The third kappa shape index (κ3) is 3.63. The molecule has 2 heterocycles. The molecule has 0 unspecified atom stereocenters. The monoisotopic (exact) mass is 397 g/mol. The van der Waals surface area contributed by atoms with E-state index in [9.17, 15) is 0 Å². The molecular formula is C24H19N3O3. The molecule has 30 heavy (non-hydrogen) atoms. The fourth-order valence-electron chi connectivity index (χ4n) is 3.26. The average Bonchev–Trinajstić information content (AvgIpc) is 3.26. The molecule has 1 N–H and O–H groups in total. The van der Waals surface area contributed by atoms with Gasteiger partial charge >= 0.3 is 6.01 Å². The molecule has 0 radical (unpaired) electrons. The van der Waals surface area contributed by atoms with Crippen molar-refractivity contribution in [2.75, 3.05) is 7.11 Å². The molecule has 0 amide bonds. The smallest absolute Gasteiger partial charge is 0.320 e. The van der Waals surface area contributed by atoms with Crippen LogP contribution >= 0.6 is 0 Å². The van der Waals surface area contributed by atoms with Crippen LogP contribution in [0.5, 0.6) is 23.4 Å². The molecule has 0 aliphatic rings. The van der Waals surface area contributed by atoms with Crippen molar-refractivity contribution in [3.63, 3.8) is 0 Å². The van der Waals surface area contributed by atoms with E-state index in [1.165, 1.54) is 0 Å². The van der Waals surface area contributed by atoms with Crippen LogP contribution in [-0.4, -0.2) is 22.1 Å². The molecule has 5 aromatic rings. The lowest BCUT2D eigenvalue weighted by Gasteiger charge is -2.12. The van der Waals surface area contributed by atoms with Gasteiger partial charge < -0.3 is 19.2 Å².